The van der Waals surface area contributed by atoms with Crippen molar-refractivity contribution in [2.75, 3.05) is 24.5 Å². The van der Waals surface area contributed by atoms with Gasteiger partial charge < -0.3 is 14.4 Å². The molecule has 9 nitrogen and oxygen atoms in total. The van der Waals surface area contributed by atoms with E-state index in [1.165, 1.54) is 15.8 Å². The first-order valence-electron chi connectivity index (χ1n) is 9.42. The Morgan fingerprint density at radius 3 is 2.48 bits per heavy atom. The molecule has 1 aromatic carbocycles. The van der Waals surface area contributed by atoms with Gasteiger partial charge in [0.1, 0.15) is 11.6 Å². The van der Waals surface area contributed by atoms with Gasteiger partial charge in [-0.05, 0) is 37.1 Å². The van der Waals surface area contributed by atoms with Crippen LogP contribution in [-0.2, 0) is 26.5 Å². The van der Waals surface area contributed by atoms with Crippen molar-refractivity contribution in [2.45, 2.75) is 30.7 Å². The fraction of sp³-hybridized carbons (Fsp3) is 0.474. The molecular formula is C19H23N5O4S. The molecule has 10 heteroatoms. The maximum Gasteiger partial charge on any atom is 0.249 e. The van der Waals surface area contributed by atoms with E-state index in [1.54, 1.807) is 11.9 Å². The topological polar surface area (TPSA) is 105 Å². The van der Waals surface area contributed by atoms with E-state index in [0.29, 0.717) is 6.54 Å². The molecule has 2 saturated heterocycles. The second-order valence-electron chi connectivity index (χ2n) is 7.81. The Morgan fingerprint density at radius 1 is 1.14 bits per heavy atom. The van der Waals surface area contributed by atoms with Gasteiger partial charge in [-0.2, -0.15) is 0 Å². The van der Waals surface area contributed by atoms with E-state index in [1.807, 2.05) is 32.0 Å². The number of amides is 2. The molecule has 0 saturated carbocycles. The third kappa shape index (κ3) is 3.31. The van der Waals surface area contributed by atoms with Gasteiger partial charge in [0, 0.05) is 38.8 Å². The molecule has 2 fully saturated rings. The summed E-state index contributed by atoms with van der Waals surface area (Å²) in [6.07, 6.45) is 1.48. The minimum absolute atomic E-state index is 0.0876. The highest BCUT2D eigenvalue weighted by atomic mass is 32.2. The lowest BCUT2D eigenvalue weighted by Gasteiger charge is -2.39. The Morgan fingerprint density at radius 2 is 1.86 bits per heavy atom. The van der Waals surface area contributed by atoms with Crippen LogP contribution in [0.2, 0.25) is 0 Å². The van der Waals surface area contributed by atoms with E-state index in [9.17, 15) is 18.0 Å². The van der Waals surface area contributed by atoms with Gasteiger partial charge in [0.05, 0.1) is 5.92 Å². The Balaban J connectivity index is 1.41. The number of hydrogen-bond acceptors (Lipinski definition) is 6. The molecule has 2 amide bonds. The van der Waals surface area contributed by atoms with Gasteiger partial charge >= 0.3 is 0 Å². The van der Waals surface area contributed by atoms with E-state index in [-0.39, 0.29) is 36.5 Å². The molecule has 3 heterocycles. The lowest BCUT2D eigenvalue weighted by molar-refractivity contribution is -0.138. The Hall–Kier alpha value is -2.75. The number of aryl methyl sites for hydroxylation is 3. The van der Waals surface area contributed by atoms with Gasteiger partial charge in [-0.3, -0.25) is 9.59 Å². The summed E-state index contributed by atoms with van der Waals surface area (Å²) in [6.45, 7) is 4.54. The van der Waals surface area contributed by atoms with Gasteiger partial charge in [0.15, 0.2) is 0 Å². The zero-order valence-corrected chi connectivity index (χ0v) is 17.4. The summed E-state index contributed by atoms with van der Waals surface area (Å²) in [6, 6.07) is 5.80. The molecule has 2 aliphatic heterocycles. The van der Waals surface area contributed by atoms with Crippen LogP contribution in [0.25, 0.3) is 0 Å². The summed E-state index contributed by atoms with van der Waals surface area (Å²) in [7, 11) is -2.07. The lowest BCUT2D eigenvalue weighted by atomic mass is 10.0. The fourth-order valence-corrected chi connectivity index (χ4v) is 5.43. The number of nitrogens with zero attached hydrogens (tertiary/aromatic N) is 5. The number of hydrogen-bond donors (Lipinski definition) is 0. The average Bonchev–Trinajstić information content (AvgIpc) is 3.22. The second-order valence-corrected chi connectivity index (χ2v) is 9.93. The minimum Gasteiger partial charge on any atom is -0.340 e. The molecular weight excluding hydrogens is 394 g/mol. The second kappa shape index (κ2) is 6.94. The minimum atomic E-state index is -3.63. The number of anilines is 1. The van der Waals surface area contributed by atoms with Crippen LogP contribution in [0.15, 0.2) is 29.7 Å². The van der Waals surface area contributed by atoms with Gasteiger partial charge in [0.25, 0.3) is 0 Å². The number of benzene rings is 1. The summed E-state index contributed by atoms with van der Waals surface area (Å²) in [5, 5.41) is 6.50. The summed E-state index contributed by atoms with van der Waals surface area (Å²) < 4.78 is 26.6. The maximum atomic E-state index is 12.8. The SMILES string of the molecule is Cc1ccc(N2CC(C(=O)N3CC(S(=O)(=O)c4nncn4C)C3)CC2=O)cc1C. The van der Waals surface area contributed by atoms with Crippen LogP contribution in [0.4, 0.5) is 5.69 Å². The van der Waals surface area contributed by atoms with Crippen LogP contribution in [0, 0.1) is 19.8 Å². The van der Waals surface area contributed by atoms with Crippen molar-refractivity contribution in [2.24, 2.45) is 13.0 Å². The molecule has 4 rings (SSSR count). The van der Waals surface area contributed by atoms with Crippen LogP contribution in [0.1, 0.15) is 17.5 Å². The number of aromatic nitrogens is 3. The highest BCUT2D eigenvalue weighted by Gasteiger charge is 2.46. The quantitative estimate of drug-likeness (QED) is 0.716. The molecule has 0 bridgehead atoms. The van der Waals surface area contributed by atoms with E-state index < -0.39 is 21.0 Å². The molecule has 1 atom stereocenters. The van der Waals surface area contributed by atoms with E-state index in [0.717, 1.165) is 16.8 Å². The van der Waals surface area contributed by atoms with Crippen molar-refractivity contribution in [3.63, 3.8) is 0 Å². The first kappa shape index (κ1) is 19.6. The number of rotatable bonds is 4. The predicted molar refractivity (Wildman–Crippen MR) is 105 cm³/mol. The largest absolute Gasteiger partial charge is 0.340 e. The lowest BCUT2D eigenvalue weighted by Crippen LogP contribution is -2.58. The van der Waals surface area contributed by atoms with E-state index in [2.05, 4.69) is 10.2 Å². The molecule has 0 radical (unpaired) electrons. The molecule has 29 heavy (non-hydrogen) atoms. The molecule has 0 spiro atoms. The van der Waals surface area contributed by atoms with Crippen molar-refractivity contribution in [3.8, 4) is 0 Å². The standard InChI is InChI=1S/C19H23N5O4S/c1-12-4-5-15(6-13(12)2)24-8-14(7-17(24)25)18(26)23-9-16(10-23)29(27,28)19-21-20-11-22(19)3/h4-6,11,14,16H,7-10H2,1-3H3. The van der Waals surface area contributed by atoms with Crippen molar-refractivity contribution in [3.05, 3.63) is 35.7 Å². The van der Waals surface area contributed by atoms with Gasteiger partial charge in [-0.15, -0.1) is 10.2 Å². The monoisotopic (exact) mass is 417 g/mol. The number of carbonyl (C=O) groups excluding carboxylic acids is 2. The molecule has 2 aliphatic rings. The van der Waals surface area contributed by atoms with Crippen LogP contribution in [-0.4, -0.2) is 64.8 Å². The highest BCUT2D eigenvalue weighted by molar-refractivity contribution is 7.92. The molecule has 1 unspecified atom stereocenters. The zero-order valence-electron chi connectivity index (χ0n) is 16.6. The van der Waals surface area contributed by atoms with Crippen molar-refractivity contribution in [1.29, 1.82) is 0 Å². The fourth-order valence-electron chi connectivity index (χ4n) is 3.77. The van der Waals surface area contributed by atoms with E-state index >= 15 is 0 Å². The smallest absolute Gasteiger partial charge is 0.249 e. The first-order valence-corrected chi connectivity index (χ1v) is 11.0. The molecule has 0 aliphatic carbocycles. The van der Waals surface area contributed by atoms with Gasteiger partial charge in [0.2, 0.25) is 26.8 Å². The van der Waals surface area contributed by atoms with Crippen LogP contribution in [0.5, 0.6) is 0 Å². The van der Waals surface area contributed by atoms with E-state index in [4.69, 9.17) is 0 Å². The Bertz CT molecular complexity index is 1090. The van der Waals surface area contributed by atoms with Crippen LogP contribution >= 0.6 is 0 Å². The number of sulfone groups is 1. The molecule has 2 aromatic rings. The Kier molecular flexibility index (Phi) is 4.68. The van der Waals surface area contributed by atoms with Crippen LogP contribution < -0.4 is 4.90 Å². The predicted octanol–water partition coefficient (Wildman–Crippen LogP) is 0.470. The maximum absolute atomic E-state index is 12.8. The molecule has 1 aromatic heterocycles. The van der Waals surface area contributed by atoms with Gasteiger partial charge in [-0.1, -0.05) is 6.07 Å². The van der Waals surface area contributed by atoms with Crippen molar-refractivity contribution >= 4 is 27.3 Å². The molecule has 154 valence electrons. The number of likely N-dealkylation sites (tertiary alicyclic amines) is 1. The number of carbonyl (C=O) groups is 2. The summed E-state index contributed by atoms with van der Waals surface area (Å²) in [4.78, 5) is 28.4. The first-order chi connectivity index (χ1) is 13.7. The van der Waals surface area contributed by atoms with Crippen molar-refractivity contribution < 1.29 is 18.0 Å². The zero-order chi connectivity index (χ0) is 20.9. The van der Waals surface area contributed by atoms with Gasteiger partial charge in [-0.25, -0.2) is 8.42 Å². The average molecular weight is 417 g/mol. The third-order valence-electron chi connectivity index (χ3n) is 5.80. The normalized spacial score (nSPS) is 20.2. The summed E-state index contributed by atoms with van der Waals surface area (Å²) >= 11 is 0. The summed E-state index contributed by atoms with van der Waals surface area (Å²) in [5.41, 5.74) is 3.02. The highest BCUT2D eigenvalue weighted by Crippen LogP contribution is 2.30. The third-order valence-corrected chi connectivity index (χ3v) is 7.85. The Labute approximate surface area is 169 Å². The molecule has 0 N–H and O–H groups in total. The summed E-state index contributed by atoms with van der Waals surface area (Å²) in [5.74, 6) is -0.716. The van der Waals surface area contributed by atoms with Crippen molar-refractivity contribution in [1.82, 2.24) is 19.7 Å². The van der Waals surface area contributed by atoms with Crippen LogP contribution in [0.3, 0.4) is 0 Å².